The van der Waals surface area contributed by atoms with Crippen molar-refractivity contribution < 1.29 is 18.3 Å². The molecular formula is C21H15F3N2O. The zero-order valence-corrected chi connectivity index (χ0v) is 14.3. The van der Waals surface area contributed by atoms with Gasteiger partial charge in [-0.2, -0.15) is 10.5 Å². The summed E-state index contributed by atoms with van der Waals surface area (Å²) >= 11 is 0. The van der Waals surface area contributed by atoms with Crippen LogP contribution >= 0.6 is 0 Å². The molecule has 2 aliphatic rings. The molecule has 0 spiro atoms. The van der Waals surface area contributed by atoms with Gasteiger partial charge in [0, 0.05) is 17.9 Å². The van der Waals surface area contributed by atoms with E-state index in [4.69, 9.17) is 0 Å². The van der Waals surface area contributed by atoms with Gasteiger partial charge in [-0.15, -0.1) is 0 Å². The van der Waals surface area contributed by atoms with Crippen LogP contribution in [0, 0.1) is 28.5 Å². The average Bonchev–Trinajstić information content (AvgIpc) is 2.89. The summed E-state index contributed by atoms with van der Waals surface area (Å²) in [5.41, 5.74) is 2.47. The SMILES string of the molecule is N#Cc1cc(F)cc2c1C(c1ccc(C#N)c3c1CC(F)(F)[C@H]3O)CCC2. The van der Waals surface area contributed by atoms with Crippen LogP contribution in [0.15, 0.2) is 24.3 Å². The zero-order chi connectivity index (χ0) is 19.3. The van der Waals surface area contributed by atoms with E-state index < -0.39 is 24.3 Å². The maximum Gasteiger partial charge on any atom is 0.281 e. The van der Waals surface area contributed by atoms with Gasteiger partial charge in [-0.3, -0.25) is 0 Å². The number of aryl methyl sites for hydroxylation is 1. The molecule has 0 amide bonds. The first-order valence-electron chi connectivity index (χ1n) is 8.71. The first-order chi connectivity index (χ1) is 12.9. The fraction of sp³-hybridized carbons (Fsp3) is 0.333. The highest BCUT2D eigenvalue weighted by Crippen LogP contribution is 2.49. The molecule has 0 radical (unpaired) electrons. The van der Waals surface area contributed by atoms with Crippen molar-refractivity contribution in [2.24, 2.45) is 0 Å². The van der Waals surface area contributed by atoms with Crippen LogP contribution in [-0.2, 0) is 12.8 Å². The van der Waals surface area contributed by atoms with Gasteiger partial charge in [-0.1, -0.05) is 6.07 Å². The average molecular weight is 368 g/mol. The Morgan fingerprint density at radius 2 is 1.81 bits per heavy atom. The van der Waals surface area contributed by atoms with Crippen molar-refractivity contribution in [1.29, 1.82) is 10.5 Å². The van der Waals surface area contributed by atoms with Gasteiger partial charge in [0.1, 0.15) is 11.9 Å². The molecule has 0 bridgehead atoms. The number of aliphatic hydroxyl groups is 1. The predicted molar refractivity (Wildman–Crippen MR) is 90.7 cm³/mol. The quantitative estimate of drug-likeness (QED) is 0.818. The fourth-order valence-electron chi connectivity index (χ4n) is 4.50. The standard InChI is InChI=1S/C21H15F3N2O/c22-14-6-11-2-1-3-16(18(11)13(7-14)10-26)15-5-4-12(9-25)19-17(15)8-21(23,24)20(19)27/h4-7,16,20,27H,1-3,8H2/t16?,20-/m0/s1. The third-order valence-corrected chi connectivity index (χ3v) is 5.61. The minimum atomic E-state index is -3.34. The van der Waals surface area contributed by atoms with Crippen LogP contribution < -0.4 is 0 Å². The van der Waals surface area contributed by atoms with E-state index in [1.165, 1.54) is 18.2 Å². The second-order valence-electron chi connectivity index (χ2n) is 7.13. The number of hydrogen-bond donors (Lipinski definition) is 1. The Balaban J connectivity index is 1.95. The maximum absolute atomic E-state index is 14.2. The topological polar surface area (TPSA) is 67.8 Å². The van der Waals surface area contributed by atoms with Crippen molar-refractivity contribution in [3.8, 4) is 12.1 Å². The van der Waals surface area contributed by atoms with Crippen LogP contribution in [0.1, 0.15) is 63.8 Å². The van der Waals surface area contributed by atoms with Crippen molar-refractivity contribution in [1.82, 2.24) is 0 Å². The molecule has 0 heterocycles. The highest BCUT2D eigenvalue weighted by molar-refractivity contribution is 5.58. The van der Waals surface area contributed by atoms with Gasteiger partial charge in [-0.05, 0) is 59.7 Å². The Bertz CT molecular complexity index is 1030. The van der Waals surface area contributed by atoms with Crippen LogP contribution in [0.5, 0.6) is 0 Å². The van der Waals surface area contributed by atoms with Gasteiger partial charge >= 0.3 is 0 Å². The molecule has 0 saturated heterocycles. The number of alkyl halides is 2. The molecule has 0 aromatic heterocycles. The van der Waals surface area contributed by atoms with E-state index in [1.807, 2.05) is 12.1 Å². The van der Waals surface area contributed by atoms with E-state index in [0.29, 0.717) is 29.5 Å². The zero-order valence-electron chi connectivity index (χ0n) is 14.3. The molecule has 27 heavy (non-hydrogen) atoms. The van der Waals surface area contributed by atoms with E-state index in [2.05, 4.69) is 0 Å². The highest BCUT2D eigenvalue weighted by Gasteiger charge is 2.49. The molecule has 3 nitrogen and oxygen atoms in total. The number of nitrogens with zero attached hydrogens (tertiary/aromatic N) is 2. The van der Waals surface area contributed by atoms with Crippen molar-refractivity contribution in [3.63, 3.8) is 0 Å². The molecule has 4 rings (SSSR count). The lowest BCUT2D eigenvalue weighted by atomic mass is 9.75. The summed E-state index contributed by atoms with van der Waals surface area (Å²) in [5, 5.41) is 28.8. The molecule has 2 aromatic carbocycles. The molecule has 2 aliphatic carbocycles. The normalized spacial score (nSPS) is 22.4. The fourth-order valence-corrected chi connectivity index (χ4v) is 4.50. The van der Waals surface area contributed by atoms with Crippen molar-refractivity contribution in [2.45, 2.75) is 43.6 Å². The van der Waals surface area contributed by atoms with E-state index >= 15 is 0 Å². The van der Waals surface area contributed by atoms with Crippen LogP contribution in [-0.4, -0.2) is 11.0 Å². The van der Waals surface area contributed by atoms with E-state index in [0.717, 1.165) is 6.42 Å². The smallest absolute Gasteiger partial charge is 0.281 e. The number of benzene rings is 2. The lowest BCUT2D eigenvalue weighted by Gasteiger charge is -2.29. The monoisotopic (exact) mass is 368 g/mol. The molecule has 0 fully saturated rings. The van der Waals surface area contributed by atoms with Crippen molar-refractivity contribution in [3.05, 3.63) is 69.0 Å². The Morgan fingerprint density at radius 3 is 2.52 bits per heavy atom. The molecule has 0 aliphatic heterocycles. The summed E-state index contributed by atoms with van der Waals surface area (Å²) in [7, 11) is 0. The largest absolute Gasteiger partial charge is 0.382 e. The van der Waals surface area contributed by atoms with Gasteiger partial charge in [0.2, 0.25) is 0 Å². The summed E-state index contributed by atoms with van der Waals surface area (Å²) in [5.74, 6) is -4.17. The minimum absolute atomic E-state index is 0.0206. The van der Waals surface area contributed by atoms with E-state index in [9.17, 15) is 28.8 Å². The van der Waals surface area contributed by atoms with E-state index in [-0.39, 0.29) is 28.2 Å². The second-order valence-corrected chi connectivity index (χ2v) is 7.13. The highest BCUT2D eigenvalue weighted by atomic mass is 19.3. The van der Waals surface area contributed by atoms with Crippen LogP contribution in [0.25, 0.3) is 0 Å². The van der Waals surface area contributed by atoms with E-state index in [1.54, 1.807) is 6.07 Å². The summed E-state index contributed by atoms with van der Waals surface area (Å²) in [6.45, 7) is 0. The number of hydrogen-bond acceptors (Lipinski definition) is 3. The van der Waals surface area contributed by atoms with Crippen LogP contribution in [0.4, 0.5) is 13.2 Å². The van der Waals surface area contributed by atoms with Crippen molar-refractivity contribution >= 4 is 0 Å². The molecule has 2 atom stereocenters. The van der Waals surface area contributed by atoms with Crippen molar-refractivity contribution in [2.75, 3.05) is 0 Å². The van der Waals surface area contributed by atoms with Gasteiger partial charge in [-0.25, -0.2) is 13.2 Å². The molecule has 1 N–H and O–H groups in total. The summed E-state index contributed by atoms with van der Waals surface area (Å²) in [6.07, 6.45) is -0.681. The maximum atomic E-state index is 14.2. The molecule has 1 unspecified atom stereocenters. The van der Waals surface area contributed by atoms with Crippen LogP contribution in [0.2, 0.25) is 0 Å². The summed E-state index contributed by atoms with van der Waals surface area (Å²) in [6, 6.07) is 9.55. The molecule has 6 heteroatoms. The number of aliphatic hydroxyl groups excluding tert-OH is 1. The Labute approximate surface area is 154 Å². The lowest BCUT2D eigenvalue weighted by molar-refractivity contribution is -0.0969. The molecule has 2 aromatic rings. The number of nitriles is 2. The Hall–Kier alpha value is -2.83. The number of fused-ring (bicyclic) bond motifs is 2. The van der Waals surface area contributed by atoms with Gasteiger partial charge in [0.15, 0.2) is 0 Å². The summed E-state index contributed by atoms with van der Waals surface area (Å²) < 4.78 is 42.3. The second kappa shape index (κ2) is 6.11. The molecule has 136 valence electrons. The summed E-state index contributed by atoms with van der Waals surface area (Å²) in [4.78, 5) is 0. The first kappa shape index (κ1) is 17.6. The Morgan fingerprint density at radius 1 is 1.07 bits per heavy atom. The van der Waals surface area contributed by atoms with Gasteiger partial charge in [0.25, 0.3) is 5.92 Å². The van der Waals surface area contributed by atoms with Gasteiger partial charge in [0.05, 0.1) is 23.3 Å². The molecular weight excluding hydrogens is 353 g/mol. The first-order valence-corrected chi connectivity index (χ1v) is 8.71. The number of rotatable bonds is 1. The Kier molecular flexibility index (Phi) is 3.98. The third kappa shape index (κ3) is 2.60. The van der Waals surface area contributed by atoms with Crippen LogP contribution in [0.3, 0.4) is 0 Å². The predicted octanol–water partition coefficient (Wildman–Crippen LogP) is 4.26. The lowest BCUT2D eigenvalue weighted by Crippen LogP contribution is -2.22. The number of halogens is 3. The minimum Gasteiger partial charge on any atom is -0.382 e. The third-order valence-electron chi connectivity index (χ3n) is 5.61. The molecule has 0 saturated carbocycles. The van der Waals surface area contributed by atoms with Gasteiger partial charge < -0.3 is 5.11 Å².